The Morgan fingerprint density at radius 1 is 1.38 bits per heavy atom. The Morgan fingerprint density at radius 3 is 3.05 bits per heavy atom. The second-order valence-corrected chi connectivity index (χ2v) is 5.26. The Kier molecular flexibility index (Phi) is 3.63. The number of fused-ring (bicyclic) bond motifs is 1. The van der Waals surface area contributed by atoms with Crippen molar-refractivity contribution in [3.05, 3.63) is 36.0 Å². The summed E-state index contributed by atoms with van der Waals surface area (Å²) in [6, 6.07) is 6.33. The van der Waals surface area contributed by atoms with E-state index in [1.165, 1.54) is 23.5 Å². The van der Waals surface area contributed by atoms with Crippen LogP contribution in [0.5, 0.6) is 0 Å². The molecule has 0 aliphatic heterocycles. The van der Waals surface area contributed by atoms with Gasteiger partial charge >= 0.3 is 5.97 Å². The zero-order chi connectivity index (χ0) is 14.8. The lowest BCUT2D eigenvalue weighted by molar-refractivity contribution is -0.142. The first-order chi connectivity index (χ1) is 10.1. The predicted molar refractivity (Wildman–Crippen MR) is 72.4 cm³/mol. The first-order valence-electron chi connectivity index (χ1n) is 5.93. The fourth-order valence-corrected chi connectivity index (χ4v) is 2.76. The number of rotatable bonds is 5. The van der Waals surface area contributed by atoms with Crippen molar-refractivity contribution in [3.8, 4) is 10.8 Å². The molecular formula is C13H9FN2O4S. The fraction of sp³-hybridized carbons (Fsp3) is 0.154. The third kappa shape index (κ3) is 3.06. The van der Waals surface area contributed by atoms with Crippen molar-refractivity contribution in [2.24, 2.45) is 0 Å². The zero-order valence-electron chi connectivity index (χ0n) is 10.6. The average molecular weight is 308 g/mol. The van der Waals surface area contributed by atoms with Crippen molar-refractivity contribution in [3.63, 3.8) is 0 Å². The predicted octanol–water partition coefficient (Wildman–Crippen LogP) is 2.69. The molecule has 3 aromatic rings. The molecule has 0 radical (unpaired) electrons. The molecule has 0 bridgehead atoms. The van der Waals surface area contributed by atoms with Gasteiger partial charge in [0, 0.05) is 4.70 Å². The number of aliphatic carboxylic acids is 1. The van der Waals surface area contributed by atoms with E-state index in [-0.39, 0.29) is 18.3 Å². The molecule has 0 fully saturated rings. The maximum atomic E-state index is 13.1. The lowest BCUT2D eigenvalue weighted by Gasteiger charge is -1.94. The Labute approximate surface area is 121 Å². The van der Waals surface area contributed by atoms with Crippen LogP contribution in [0.25, 0.3) is 20.9 Å². The number of carbonyl (C=O) groups is 1. The molecule has 3 rings (SSSR count). The molecule has 108 valence electrons. The molecule has 0 aliphatic rings. The maximum absolute atomic E-state index is 13.1. The largest absolute Gasteiger partial charge is 0.480 e. The van der Waals surface area contributed by atoms with Gasteiger partial charge in [-0.15, -0.1) is 21.5 Å². The van der Waals surface area contributed by atoms with Gasteiger partial charge in [0.1, 0.15) is 19.0 Å². The number of hydrogen-bond acceptors (Lipinski definition) is 6. The molecule has 0 atom stereocenters. The Balaban J connectivity index is 1.79. The first-order valence-corrected chi connectivity index (χ1v) is 6.75. The van der Waals surface area contributed by atoms with Crippen molar-refractivity contribution < 1.29 is 23.4 Å². The molecule has 0 saturated carbocycles. The SMILES string of the molecule is O=C(O)COCc1nnc(-c2cc3ccc(F)cc3s2)o1. The number of benzene rings is 1. The molecule has 0 unspecified atom stereocenters. The van der Waals surface area contributed by atoms with Gasteiger partial charge in [0.2, 0.25) is 5.89 Å². The summed E-state index contributed by atoms with van der Waals surface area (Å²) in [6.45, 7) is -0.501. The van der Waals surface area contributed by atoms with E-state index in [0.717, 1.165) is 10.1 Å². The third-order valence-corrected chi connectivity index (χ3v) is 3.70. The van der Waals surface area contributed by atoms with Gasteiger partial charge in [-0.2, -0.15) is 0 Å². The summed E-state index contributed by atoms with van der Waals surface area (Å²) in [7, 11) is 0. The molecule has 1 N–H and O–H groups in total. The molecule has 0 aliphatic carbocycles. The number of carboxylic acids is 1. The second-order valence-electron chi connectivity index (χ2n) is 4.18. The summed E-state index contributed by atoms with van der Waals surface area (Å²) in [5, 5.41) is 17.0. The molecule has 0 amide bonds. The highest BCUT2D eigenvalue weighted by Crippen LogP contribution is 2.33. The van der Waals surface area contributed by atoms with Crippen LogP contribution in [0.3, 0.4) is 0 Å². The lowest BCUT2D eigenvalue weighted by atomic mass is 10.2. The highest BCUT2D eigenvalue weighted by atomic mass is 32.1. The van der Waals surface area contributed by atoms with Crippen molar-refractivity contribution in [2.75, 3.05) is 6.61 Å². The van der Waals surface area contributed by atoms with Crippen LogP contribution in [-0.2, 0) is 16.1 Å². The number of ether oxygens (including phenoxy) is 1. The van der Waals surface area contributed by atoms with E-state index in [2.05, 4.69) is 10.2 Å². The monoisotopic (exact) mass is 308 g/mol. The molecule has 2 heterocycles. The zero-order valence-corrected chi connectivity index (χ0v) is 11.4. The van der Waals surface area contributed by atoms with E-state index < -0.39 is 12.6 Å². The molecule has 21 heavy (non-hydrogen) atoms. The standard InChI is InChI=1S/C13H9FN2O4S/c14-8-2-1-7-3-10(21-9(7)4-8)13-16-15-11(20-13)5-19-6-12(17)18/h1-4H,5-6H2,(H,17,18). The Hall–Kier alpha value is -2.32. The summed E-state index contributed by atoms with van der Waals surface area (Å²) in [4.78, 5) is 11.0. The van der Waals surface area contributed by atoms with Crippen molar-refractivity contribution in [2.45, 2.75) is 6.61 Å². The van der Waals surface area contributed by atoms with E-state index in [4.69, 9.17) is 14.3 Å². The highest BCUT2D eigenvalue weighted by molar-refractivity contribution is 7.22. The first kappa shape index (κ1) is 13.7. The number of hydrogen-bond donors (Lipinski definition) is 1. The van der Waals surface area contributed by atoms with E-state index in [1.807, 2.05) is 6.07 Å². The summed E-state index contributed by atoms with van der Waals surface area (Å²) in [6.07, 6.45) is 0. The van der Waals surface area contributed by atoms with Gasteiger partial charge in [-0.1, -0.05) is 6.07 Å². The summed E-state index contributed by atoms with van der Waals surface area (Å²) < 4.78 is 24.2. The third-order valence-electron chi connectivity index (χ3n) is 2.61. The van der Waals surface area contributed by atoms with Crippen LogP contribution in [0.4, 0.5) is 4.39 Å². The average Bonchev–Trinajstić information content (AvgIpc) is 3.03. The summed E-state index contributed by atoms with van der Waals surface area (Å²) >= 11 is 1.34. The molecule has 2 aromatic heterocycles. The molecule has 0 saturated heterocycles. The van der Waals surface area contributed by atoms with Crippen LogP contribution in [0, 0.1) is 5.82 Å². The molecule has 1 aromatic carbocycles. The van der Waals surface area contributed by atoms with Crippen LogP contribution in [0.1, 0.15) is 5.89 Å². The minimum Gasteiger partial charge on any atom is -0.480 e. The normalized spacial score (nSPS) is 11.1. The van der Waals surface area contributed by atoms with Crippen molar-refractivity contribution in [1.82, 2.24) is 10.2 Å². The van der Waals surface area contributed by atoms with Crippen LogP contribution in [0.15, 0.2) is 28.7 Å². The number of nitrogens with zero attached hydrogens (tertiary/aromatic N) is 2. The second kappa shape index (κ2) is 5.58. The number of halogens is 1. The van der Waals surface area contributed by atoms with E-state index in [9.17, 15) is 9.18 Å². The van der Waals surface area contributed by atoms with Gasteiger partial charge in [-0.3, -0.25) is 0 Å². The number of aromatic nitrogens is 2. The van der Waals surface area contributed by atoms with Crippen LogP contribution in [-0.4, -0.2) is 27.9 Å². The Bertz CT molecular complexity index is 798. The van der Waals surface area contributed by atoms with Gasteiger partial charge in [-0.05, 0) is 23.6 Å². The topological polar surface area (TPSA) is 85.5 Å². The Morgan fingerprint density at radius 2 is 2.24 bits per heavy atom. The van der Waals surface area contributed by atoms with Crippen LogP contribution < -0.4 is 0 Å². The highest BCUT2D eigenvalue weighted by Gasteiger charge is 2.12. The van der Waals surface area contributed by atoms with Crippen LogP contribution >= 0.6 is 11.3 Å². The van der Waals surface area contributed by atoms with Gasteiger partial charge in [0.15, 0.2) is 0 Å². The molecular weight excluding hydrogens is 299 g/mol. The maximum Gasteiger partial charge on any atom is 0.329 e. The summed E-state index contributed by atoms with van der Waals surface area (Å²) in [5.41, 5.74) is 0. The summed E-state index contributed by atoms with van der Waals surface area (Å²) in [5.74, 6) is -0.883. The molecule has 8 heteroatoms. The number of carboxylic acid groups (broad SMARTS) is 1. The van der Waals surface area contributed by atoms with Crippen molar-refractivity contribution >= 4 is 27.4 Å². The van der Waals surface area contributed by atoms with Crippen LogP contribution in [0.2, 0.25) is 0 Å². The quantitative estimate of drug-likeness (QED) is 0.780. The fourth-order valence-electron chi connectivity index (χ4n) is 1.75. The van der Waals surface area contributed by atoms with Gasteiger partial charge in [-0.25, -0.2) is 9.18 Å². The minimum atomic E-state index is -1.07. The molecule has 0 spiro atoms. The molecule has 6 nitrogen and oxygen atoms in total. The van der Waals surface area contributed by atoms with E-state index in [0.29, 0.717) is 10.8 Å². The van der Waals surface area contributed by atoms with E-state index >= 15 is 0 Å². The van der Waals surface area contributed by atoms with Gasteiger partial charge in [0.25, 0.3) is 5.89 Å². The van der Waals surface area contributed by atoms with Gasteiger partial charge in [0.05, 0.1) is 4.88 Å². The van der Waals surface area contributed by atoms with Gasteiger partial charge < -0.3 is 14.3 Å². The van der Waals surface area contributed by atoms with E-state index in [1.54, 1.807) is 6.07 Å². The number of thiophene rings is 1. The minimum absolute atomic E-state index is 0.0706. The van der Waals surface area contributed by atoms with Crippen molar-refractivity contribution in [1.29, 1.82) is 0 Å². The smallest absolute Gasteiger partial charge is 0.329 e. The lowest BCUT2D eigenvalue weighted by Crippen LogP contribution is -2.06.